The molecule has 1 aliphatic heterocycles. The van der Waals surface area contributed by atoms with Crippen molar-refractivity contribution in [2.45, 2.75) is 19.3 Å². The Morgan fingerprint density at radius 3 is 2.85 bits per heavy atom. The smallest absolute Gasteiger partial charge is 0.261 e. The van der Waals surface area contributed by atoms with Crippen LogP contribution in [0, 0.1) is 6.92 Å². The molecule has 1 unspecified atom stereocenters. The number of ether oxygens (including phenoxy) is 1. The maximum absolute atomic E-state index is 12.5. The molecule has 2 heterocycles. The van der Waals surface area contributed by atoms with Gasteiger partial charge in [-0.05, 0) is 42.8 Å². The van der Waals surface area contributed by atoms with Gasteiger partial charge in [-0.1, -0.05) is 28.9 Å². The number of aryl methyl sites for hydroxylation is 1. The summed E-state index contributed by atoms with van der Waals surface area (Å²) >= 11 is 6.09. The summed E-state index contributed by atoms with van der Waals surface area (Å²) in [5.41, 5.74) is 2.49. The molecule has 0 saturated carbocycles. The van der Waals surface area contributed by atoms with Crippen molar-refractivity contribution in [2.24, 2.45) is 0 Å². The molecular weight excluding hydrogens is 366 g/mol. The molecule has 1 fully saturated rings. The molecule has 0 bridgehead atoms. The van der Waals surface area contributed by atoms with Crippen molar-refractivity contribution in [3.8, 4) is 17.2 Å². The van der Waals surface area contributed by atoms with Crippen LogP contribution in [0.15, 0.2) is 47.0 Å². The first-order valence-corrected chi connectivity index (χ1v) is 8.98. The molecule has 1 saturated heterocycles. The van der Waals surface area contributed by atoms with Gasteiger partial charge in [0, 0.05) is 29.6 Å². The van der Waals surface area contributed by atoms with E-state index in [1.807, 2.05) is 43.3 Å². The number of anilines is 1. The third-order valence-electron chi connectivity index (χ3n) is 4.72. The number of para-hydroxylation sites is 1. The summed E-state index contributed by atoms with van der Waals surface area (Å²) in [6.45, 7) is 2.42. The van der Waals surface area contributed by atoms with Gasteiger partial charge < -0.3 is 14.2 Å². The Bertz CT molecular complexity index is 1000. The van der Waals surface area contributed by atoms with E-state index in [1.54, 1.807) is 18.1 Å². The topological polar surface area (TPSA) is 68.5 Å². The Kier molecular flexibility index (Phi) is 4.58. The number of hydrogen-bond donors (Lipinski definition) is 0. The van der Waals surface area contributed by atoms with Crippen LogP contribution in [-0.4, -0.2) is 29.7 Å². The van der Waals surface area contributed by atoms with Gasteiger partial charge in [-0.15, -0.1) is 0 Å². The van der Waals surface area contributed by atoms with E-state index in [2.05, 4.69) is 10.1 Å². The number of amides is 1. The fourth-order valence-corrected chi connectivity index (χ4v) is 3.38. The van der Waals surface area contributed by atoms with Crippen molar-refractivity contribution in [1.29, 1.82) is 0 Å². The molecule has 4 rings (SSSR count). The quantitative estimate of drug-likeness (QED) is 0.674. The van der Waals surface area contributed by atoms with Crippen LogP contribution < -0.4 is 9.64 Å². The number of nitrogens with zero attached hydrogens (tertiary/aromatic N) is 3. The van der Waals surface area contributed by atoms with Crippen LogP contribution in [0.3, 0.4) is 0 Å². The molecular formula is C20H18ClN3O3. The van der Waals surface area contributed by atoms with Crippen LogP contribution in [0.4, 0.5) is 5.69 Å². The predicted molar refractivity (Wildman–Crippen MR) is 102 cm³/mol. The fourth-order valence-electron chi connectivity index (χ4n) is 3.26. The predicted octanol–water partition coefficient (Wildman–Crippen LogP) is 4.23. The maximum atomic E-state index is 12.5. The molecule has 0 aliphatic carbocycles. The van der Waals surface area contributed by atoms with E-state index in [0.29, 0.717) is 35.5 Å². The molecule has 1 atom stereocenters. The monoisotopic (exact) mass is 383 g/mol. The standard InChI is InChI=1S/C20H18ClN3O3/c1-12-9-14(7-8-16(12)21)24-11-13(10-18(24)25)19-22-20(27-23-19)15-5-3-4-6-17(15)26-2/h3-9,13H,10-11H2,1-2H3. The van der Waals surface area contributed by atoms with E-state index >= 15 is 0 Å². The van der Waals surface area contributed by atoms with Gasteiger partial charge in [0.05, 0.1) is 12.7 Å². The highest BCUT2D eigenvalue weighted by Gasteiger charge is 2.35. The molecule has 27 heavy (non-hydrogen) atoms. The second kappa shape index (κ2) is 7.04. The highest BCUT2D eigenvalue weighted by atomic mass is 35.5. The van der Waals surface area contributed by atoms with Gasteiger partial charge >= 0.3 is 0 Å². The van der Waals surface area contributed by atoms with Gasteiger partial charge in [0.1, 0.15) is 5.75 Å². The lowest BCUT2D eigenvalue weighted by molar-refractivity contribution is -0.117. The zero-order valence-corrected chi connectivity index (χ0v) is 15.7. The summed E-state index contributed by atoms with van der Waals surface area (Å²) in [7, 11) is 1.59. The zero-order valence-electron chi connectivity index (χ0n) is 15.0. The maximum Gasteiger partial charge on any atom is 0.261 e. The van der Waals surface area contributed by atoms with Crippen LogP contribution in [-0.2, 0) is 4.79 Å². The summed E-state index contributed by atoms with van der Waals surface area (Å²) in [5, 5.41) is 4.78. The average molecular weight is 384 g/mol. The molecule has 2 aromatic carbocycles. The molecule has 3 aromatic rings. The lowest BCUT2D eigenvalue weighted by Gasteiger charge is -2.17. The van der Waals surface area contributed by atoms with E-state index in [0.717, 1.165) is 16.8 Å². The normalized spacial score (nSPS) is 16.8. The molecule has 138 valence electrons. The Morgan fingerprint density at radius 2 is 2.07 bits per heavy atom. The summed E-state index contributed by atoms with van der Waals surface area (Å²) in [5.74, 6) is 1.48. The van der Waals surface area contributed by atoms with E-state index < -0.39 is 0 Å². The second-order valence-corrected chi connectivity index (χ2v) is 6.90. The number of halogens is 1. The third kappa shape index (κ3) is 3.28. The van der Waals surface area contributed by atoms with Gasteiger partial charge in [-0.25, -0.2) is 0 Å². The highest BCUT2D eigenvalue weighted by Crippen LogP contribution is 2.34. The van der Waals surface area contributed by atoms with Gasteiger partial charge in [-0.3, -0.25) is 4.79 Å². The minimum atomic E-state index is -0.124. The first-order chi connectivity index (χ1) is 13.1. The van der Waals surface area contributed by atoms with Crippen LogP contribution in [0.1, 0.15) is 23.7 Å². The SMILES string of the molecule is COc1ccccc1-c1nc(C2CC(=O)N(c3ccc(Cl)c(C)c3)C2)no1. The summed E-state index contributed by atoms with van der Waals surface area (Å²) in [4.78, 5) is 18.8. The van der Waals surface area contributed by atoms with Crippen molar-refractivity contribution in [3.63, 3.8) is 0 Å². The summed E-state index contributed by atoms with van der Waals surface area (Å²) in [6.07, 6.45) is 0.340. The summed E-state index contributed by atoms with van der Waals surface area (Å²) in [6, 6.07) is 13.0. The molecule has 7 heteroatoms. The molecule has 1 aliphatic rings. The van der Waals surface area contributed by atoms with Crippen LogP contribution in [0.25, 0.3) is 11.5 Å². The van der Waals surface area contributed by atoms with Crippen molar-refractivity contribution in [1.82, 2.24) is 10.1 Å². The minimum Gasteiger partial charge on any atom is -0.496 e. The molecule has 0 N–H and O–H groups in total. The van der Waals surface area contributed by atoms with Crippen LogP contribution >= 0.6 is 11.6 Å². The number of carbonyl (C=O) groups is 1. The minimum absolute atomic E-state index is 0.0327. The Labute approximate surface area is 161 Å². The van der Waals surface area contributed by atoms with Gasteiger partial charge in [0.25, 0.3) is 5.89 Å². The van der Waals surface area contributed by atoms with Gasteiger partial charge in [-0.2, -0.15) is 4.98 Å². The lowest BCUT2D eigenvalue weighted by atomic mass is 10.1. The number of rotatable bonds is 4. The van der Waals surface area contributed by atoms with Crippen LogP contribution in [0.2, 0.25) is 5.02 Å². The zero-order chi connectivity index (χ0) is 19.0. The van der Waals surface area contributed by atoms with Crippen molar-refractivity contribution >= 4 is 23.2 Å². The van der Waals surface area contributed by atoms with E-state index in [9.17, 15) is 4.79 Å². The van der Waals surface area contributed by atoms with Crippen molar-refractivity contribution < 1.29 is 14.1 Å². The van der Waals surface area contributed by atoms with Crippen LogP contribution in [0.5, 0.6) is 5.75 Å². The van der Waals surface area contributed by atoms with E-state index in [4.69, 9.17) is 20.9 Å². The first-order valence-electron chi connectivity index (χ1n) is 8.60. The molecule has 6 nitrogen and oxygen atoms in total. The molecule has 0 spiro atoms. The number of carbonyl (C=O) groups excluding carboxylic acids is 1. The molecule has 1 aromatic heterocycles. The lowest BCUT2D eigenvalue weighted by Crippen LogP contribution is -2.24. The number of benzene rings is 2. The Balaban J connectivity index is 1.58. The number of hydrogen-bond acceptors (Lipinski definition) is 5. The number of methoxy groups -OCH3 is 1. The Hall–Kier alpha value is -2.86. The van der Waals surface area contributed by atoms with Gasteiger partial charge in [0.2, 0.25) is 5.91 Å². The molecule has 1 amide bonds. The average Bonchev–Trinajstić information content (AvgIpc) is 3.31. The third-order valence-corrected chi connectivity index (χ3v) is 5.15. The van der Waals surface area contributed by atoms with E-state index in [1.165, 1.54) is 0 Å². The largest absolute Gasteiger partial charge is 0.496 e. The second-order valence-electron chi connectivity index (χ2n) is 6.50. The molecule has 0 radical (unpaired) electrons. The van der Waals surface area contributed by atoms with Crippen molar-refractivity contribution in [3.05, 3.63) is 58.9 Å². The first kappa shape index (κ1) is 17.5. The Morgan fingerprint density at radius 1 is 1.26 bits per heavy atom. The fraction of sp³-hybridized carbons (Fsp3) is 0.250. The summed E-state index contributed by atoms with van der Waals surface area (Å²) < 4.78 is 10.8. The number of aromatic nitrogens is 2. The van der Waals surface area contributed by atoms with E-state index in [-0.39, 0.29) is 11.8 Å². The van der Waals surface area contributed by atoms with Gasteiger partial charge in [0.15, 0.2) is 5.82 Å². The van der Waals surface area contributed by atoms with Crippen molar-refractivity contribution in [2.75, 3.05) is 18.6 Å². The highest BCUT2D eigenvalue weighted by molar-refractivity contribution is 6.31.